The van der Waals surface area contributed by atoms with Gasteiger partial charge in [0.05, 0.1) is 27.1 Å². The number of ether oxygens (including phenoxy) is 2. The maximum atomic E-state index is 5.33. The van der Waals surface area contributed by atoms with Crippen molar-refractivity contribution in [1.82, 2.24) is 20.2 Å². The number of hydrogen-bond acceptors (Lipinski definition) is 4. The van der Waals surface area contributed by atoms with Crippen LogP contribution in [0.4, 0.5) is 0 Å². The summed E-state index contributed by atoms with van der Waals surface area (Å²) in [5, 5.41) is 6.62. The number of halogens is 1. The Kier molecular flexibility index (Phi) is 10.5. The van der Waals surface area contributed by atoms with Gasteiger partial charge in [-0.2, -0.15) is 0 Å². The minimum Gasteiger partial charge on any atom is -0.493 e. The van der Waals surface area contributed by atoms with Crippen molar-refractivity contribution < 1.29 is 9.47 Å². The summed E-state index contributed by atoms with van der Waals surface area (Å²) in [6.45, 7) is 5.22. The van der Waals surface area contributed by atoms with E-state index in [2.05, 4.69) is 32.1 Å². The molecule has 0 fully saturated rings. The Bertz CT molecular complexity index is 662. The lowest BCUT2D eigenvalue weighted by Gasteiger charge is -2.12. The zero-order valence-electron chi connectivity index (χ0n) is 15.6. The van der Waals surface area contributed by atoms with E-state index in [1.165, 1.54) is 0 Å². The van der Waals surface area contributed by atoms with Crippen molar-refractivity contribution in [2.75, 3.05) is 27.3 Å². The molecule has 0 saturated carbocycles. The molecule has 0 amide bonds. The van der Waals surface area contributed by atoms with Gasteiger partial charge < -0.3 is 24.7 Å². The van der Waals surface area contributed by atoms with Gasteiger partial charge in [-0.05, 0) is 31.0 Å². The van der Waals surface area contributed by atoms with Crippen molar-refractivity contribution in [1.29, 1.82) is 0 Å². The molecular weight excluding hydrogens is 445 g/mol. The Morgan fingerprint density at radius 2 is 2.00 bits per heavy atom. The van der Waals surface area contributed by atoms with Gasteiger partial charge in [0, 0.05) is 32.0 Å². The third-order valence-corrected chi connectivity index (χ3v) is 3.66. The fourth-order valence-electron chi connectivity index (χ4n) is 2.38. The highest BCUT2D eigenvalue weighted by Crippen LogP contribution is 2.27. The highest BCUT2D eigenvalue weighted by molar-refractivity contribution is 14.0. The average Bonchev–Trinajstić information content (AvgIpc) is 3.16. The van der Waals surface area contributed by atoms with E-state index in [1.54, 1.807) is 20.4 Å². The second kappa shape index (κ2) is 12.4. The summed E-state index contributed by atoms with van der Waals surface area (Å²) < 4.78 is 12.7. The van der Waals surface area contributed by atoms with Crippen molar-refractivity contribution in [3.8, 4) is 11.5 Å². The van der Waals surface area contributed by atoms with Crippen LogP contribution in [-0.4, -0.2) is 42.8 Å². The predicted molar refractivity (Wildman–Crippen MR) is 115 cm³/mol. The van der Waals surface area contributed by atoms with Crippen LogP contribution in [0.25, 0.3) is 0 Å². The molecule has 1 aromatic carbocycles. The van der Waals surface area contributed by atoms with Gasteiger partial charge in [0.1, 0.15) is 0 Å². The Balaban J connectivity index is 0.00000338. The van der Waals surface area contributed by atoms with Gasteiger partial charge in [-0.1, -0.05) is 6.07 Å². The zero-order chi connectivity index (χ0) is 17.9. The minimum absolute atomic E-state index is 0. The fourth-order valence-corrected chi connectivity index (χ4v) is 2.38. The molecule has 0 saturated heterocycles. The number of aryl methyl sites for hydroxylation is 1. The summed E-state index contributed by atoms with van der Waals surface area (Å²) in [6, 6.07) is 5.84. The van der Waals surface area contributed by atoms with Crippen LogP contribution in [0.3, 0.4) is 0 Å². The molecule has 0 bridgehead atoms. The first-order valence-electron chi connectivity index (χ1n) is 8.45. The summed E-state index contributed by atoms with van der Waals surface area (Å²) in [5.74, 6) is 2.25. The van der Waals surface area contributed by atoms with Crippen LogP contribution in [0.1, 0.15) is 18.9 Å². The molecule has 0 aliphatic heterocycles. The third-order valence-electron chi connectivity index (χ3n) is 3.66. The van der Waals surface area contributed by atoms with Gasteiger partial charge >= 0.3 is 0 Å². The smallest absolute Gasteiger partial charge is 0.191 e. The summed E-state index contributed by atoms with van der Waals surface area (Å²) in [5.41, 5.74) is 1.06. The molecule has 26 heavy (non-hydrogen) atoms. The lowest BCUT2D eigenvalue weighted by molar-refractivity contribution is 0.354. The van der Waals surface area contributed by atoms with Crippen LogP contribution < -0.4 is 20.1 Å². The number of hydrogen-bond donors (Lipinski definition) is 2. The van der Waals surface area contributed by atoms with Crippen LogP contribution in [0.15, 0.2) is 41.9 Å². The predicted octanol–water partition coefficient (Wildman–Crippen LogP) is 2.66. The molecule has 2 aromatic rings. The molecule has 0 unspecified atom stereocenters. The highest BCUT2D eigenvalue weighted by Gasteiger charge is 2.04. The third kappa shape index (κ3) is 7.11. The molecule has 0 aliphatic rings. The van der Waals surface area contributed by atoms with Crippen LogP contribution in [0.2, 0.25) is 0 Å². The molecule has 1 aromatic heterocycles. The van der Waals surface area contributed by atoms with E-state index in [-0.39, 0.29) is 24.0 Å². The normalized spacial score (nSPS) is 10.8. The first kappa shape index (κ1) is 22.1. The van der Waals surface area contributed by atoms with Gasteiger partial charge in [-0.25, -0.2) is 9.98 Å². The van der Waals surface area contributed by atoms with Crippen LogP contribution in [-0.2, 0) is 13.1 Å². The van der Waals surface area contributed by atoms with Crippen molar-refractivity contribution in [2.45, 2.75) is 26.4 Å². The van der Waals surface area contributed by atoms with Crippen LogP contribution in [0.5, 0.6) is 11.5 Å². The van der Waals surface area contributed by atoms with E-state index < -0.39 is 0 Å². The minimum atomic E-state index is 0. The largest absolute Gasteiger partial charge is 0.493 e. The van der Waals surface area contributed by atoms with Gasteiger partial charge in [0.25, 0.3) is 0 Å². The van der Waals surface area contributed by atoms with E-state index in [9.17, 15) is 0 Å². The van der Waals surface area contributed by atoms with Gasteiger partial charge in [-0.15, -0.1) is 24.0 Å². The first-order chi connectivity index (χ1) is 12.3. The number of guanidine groups is 1. The lowest BCUT2D eigenvalue weighted by atomic mass is 10.2. The van der Waals surface area contributed by atoms with Gasteiger partial charge in [-0.3, -0.25) is 0 Å². The number of aromatic nitrogens is 2. The molecule has 0 aliphatic carbocycles. The second-order valence-electron chi connectivity index (χ2n) is 5.47. The molecular formula is C18H28IN5O2. The Morgan fingerprint density at radius 3 is 2.65 bits per heavy atom. The molecule has 8 heteroatoms. The van der Waals surface area contributed by atoms with E-state index in [1.807, 2.05) is 30.7 Å². The zero-order valence-corrected chi connectivity index (χ0v) is 17.9. The first-order valence-corrected chi connectivity index (χ1v) is 8.45. The SMILES string of the molecule is CCNC(=NCc1ccc(OC)c(OC)c1)NCCCn1ccnc1.I. The molecule has 0 spiro atoms. The molecule has 1 heterocycles. The summed E-state index contributed by atoms with van der Waals surface area (Å²) in [6.07, 6.45) is 6.59. The van der Waals surface area contributed by atoms with E-state index in [0.717, 1.165) is 43.3 Å². The highest BCUT2D eigenvalue weighted by atomic mass is 127. The quantitative estimate of drug-likeness (QED) is 0.254. The van der Waals surface area contributed by atoms with Crippen molar-refractivity contribution in [3.63, 3.8) is 0 Å². The summed E-state index contributed by atoms with van der Waals surface area (Å²) in [4.78, 5) is 8.67. The van der Waals surface area contributed by atoms with Gasteiger partial charge in [0.2, 0.25) is 0 Å². The van der Waals surface area contributed by atoms with E-state index in [4.69, 9.17) is 9.47 Å². The Hall–Kier alpha value is -1.97. The fraction of sp³-hybridized carbons (Fsp3) is 0.444. The average molecular weight is 473 g/mol. The van der Waals surface area contributed by atoms with Crippen molar-refractivity contribution in [3.05, 3.63) is 42.5 Å². The number of nitrogens with zero attached hydrogens (tertiary/aromatic N) is 3. The number of nitrogens with one attached hydrogen (secondary N) is 2. The number of rotatable bonds is 9. The standard InChI is InChI=1S/C18H27N5O2.HI/c1-4-20-18(21-8-5-10-23-11-9-19-14-23)22-13-15-6-7-16(24-2)17(12-15)25-3;/h6-7,9,11-12,14H,4-5,8,10,13H2,1-3H3,(H2,20,21,22);1H. The molecule has 2 N–H and O–H groups in total. The summed E-state index contributed by atoms with van der Waals surface area (Å²) >= 11 is 0. The molecule has 2 rings (SSSR count). The van der Waals surface area contributed by atoms with Crippen LogP contribution in [0, 0.1) is 0 Å². The van der Waals surface area contributed by atoms with E-state index in [0.29, 0.717) is 12.3 Å². The van der Waals surface area contributed by atoms with Crippen LogP contribution >= 0.6 is 24.0 Å². The van der Waals surface area contributed by atoms with Gasteiger partial charge in [0.15, 0.2) is 17.5 Å². The maximum absolute atomic E-state index is 5.33. The lowest BCUT2D eigenvalue weighted by Crippen LogP contribution is -2.38. The molecule has 0 radical (unpaired) electrons. The van der Waals surface area contributed by atoms with Crippen molar-refractivity contribution >= 4 is 29.9 Å². The van der Waals surface area contributed by atoms with E-state index >= 15 is 0 Å². The van der Waals surface area contributed by atoms with Crippen molar-refractivity contribution in [2.24, 2.45) is 4.99 Å². The molecule has 7 nitrogen and oxygen atoms in total. The monoisotopic (exact) mass is 473 g/mol. The number of benzene rings is 1. The topological polar surface area (TPSA) is 72.7 Å². The number of aliphatic imine (C=N–C) groups is 1. The Morgan fingerprint density at radius 1 is 1.19 bits per heavy atom. The maximum Gasteiger partial charge on any atom is 0.191 e. The Labute approximate surface area is 172 Å². The number of imidazole rings is 1. The number of methoxy groups -OCH3 is 2. The molecule has 0 atom stereocenters. The second-order valence-corrected chi connectivity index (χ2v) is 5.47. The summed E-state index contributed by atoms with van der Waals surface area (Å²) in [7, 11) is 3.27. The molecule has 144 valence electrons.